The molecule has 0 unspecified atom stereocenters. The minimum atomic E-state index is -0.220. The molecule has 1 heterocycles. The maximum atomic E-state index is 12.0. The maximum absolute atomic E-state index is 12.0. The van der Waals surface area contributed by atoms with Gasteiger partial charge in [0.15, 0.2) is 5.11 Å². The van der Waals surface area contributed by atoms with Crippen molar-refractivity contribution in [1.82, 2.24) is 10.2 Å². The molecule has 2 N–H and O–H groups in total. The zero-order valence-corrected chi connectivity index (χ0v) is 13.8. The van der Waals surface area contributed by atoms with E-state index in [1.54, 1.807) is 13.2 Å². The predicted molar refractivity (Wildman–Crippen MR) is 91.0 cm³/mol. The highest BCUT2D eigenvalue weighted by atomic mass is 32.1. The monoisotopic (exact) mass is 320 g/mol. The molecule has 6 heteroatoms. The van der Waals surface area contributed by atoms with Crippen LogP contribution < -0.4 is 15.0 Å². The van der Waals surface area contributed by atoms with Gasteiger partial charge < -0.3 is 14.5 Å². The molecule has 22 heavy (non-hydrogen) atoms. The van der Waals surface area contributed by atoms with Gasteiger partial charge in [-0.1, -0.05) is 18.2 Å². The fraction of sp³-hybridized carbons (Fsp3) is 0.375. The number of likely N-dealkylation sites (N-methyl/N-ethyl adjacent to an activating group) is 1. The number of carbonyl (C=O) groups excluding carboxylic acids is 1. The first-order valence-electron chi connectivity index (χ1n) is 7.32. The molecule has 1 amide bonds. The molecule has 1 aromatic rings. The normalized spacial score (nSPS) is 15.8. The fourth-order valence-electron chi connectivity index (χ4n) is 2.29. The van der Waals surface area contributed by atoms with Crippen LogP contribution in [-0.2, 0) is 4.79 Å². The van der Waals surface area contributed by atoms with Gasteiger partial charge in [0, 0.05) is 11.6 Å². The number of ether oxygens (including phenoxy) is 1. The van der Waals surface area contributed by atoms with E-state index in [4.69, 9.17) is 17.0 Å². The number of amides is 1. The number of thiocarbonyl (C=S) groups is 1. The molecule has 0 spiro atoms. The van der Waals surface area contributed by atoms with Crippen LogP contribution in [-0.4, -0.2) is 56.3 Å². The van der Waals surface area contributed by atoms with E-state index >= 15 is 0 Å². The zero-order valence-electron chi connectivity index (χ0n) is 13.0. The van der Waals surface area contributed by atoms with E-state index in [0.717, 1.165) is 37.5 Å². The van der Waals surface area contributed by atoms with Crippen LogP contribution in [0.2, 0.25) is 0 Å². The Kier molecular flexibility index (Phi) is 5.91. The second kappa shape index (κ2) is 7.91. The van der Waals surface area contributed by atoms with E-state index in [1.807, 2.05) is 29.2 Å². The Bertz CT molecular complexity index is 566. The Morgan fingerprint density at radius 1 is 1.36 bits per heavy atom. The molecule has 0 aromatic heterocycles. The summed E-state index contributed by atoms with van der Waals surface area (Å²) < 4.78 is 5.24. The van der Waals surface area contributed by atoms with Crippen LogP contribution in [0.1, 0.15) is 5.56 Å². The summed E-state index contributed by atoms with van der Waals surface area (Å²) in [5.74, 6) is 0.512. The minimum absolute atomic E-state index is 0.220. The average Bonchev–Trinajstić information content (AvgIpc) is 2.53. The molecule has 1 aromatic carbocycles. The molecule has 0 radical (unpaired) electrons. The van der Waals surface area contributed by atoms with Gasteiger partial charge in [0.2, 0.25) is 5.91 Å². The number of quaternary nitrogens is 1. The fourth-order valence-corrected chi connectivity index (χ4v) is 2.57. The molecule has 0 saturated carbocycles. The molecule has 0 atom stereocenters. The third-order valence-electron chi connectivity index (χ3n) is 3.69. The first-order chi connectivity index (χ1) is 10.6. The van der Waals surface area contributed by atoms with E-state index in [2.05, 4.69) is 12.4 Å². The summed E-state index contributed by atoms with van der Waals surface area (Å²) in [6.07, 6.45) is 3.20. The van der Waals surface area contributed by atoms with Crippen LogP contribution in [0.25, 0.3) is 6.08 Å². The Morgan fingerprint density at radius 3 is 2.73 bits per heavy atom. The summed E-state index contributed by atoms with van der Waals surface area (Å²) in [4.78, 5) is 15.5. The molecule has 0 bridgehead atoms. The van der Waals surface area contributed by atoms with Gasteiger partial charge in [-0.15, -0.1) is 0 Å². The van der Waals surface area contributed by atoms with E-state index < -0.39 is 0 Å². The highest BCUT2D eigenvalue weighted by molar-refractivity contribution is 7.80. The van der Waals surface area contributed by atoms with Crippen LogP contribution in [0.5, 0.6) is 5.75 Å². The summed E-state index contributed by atoms with van der Waals surface area (Å²) in [7, 11) is 3.77. The summed E-state index contributed by atoms with van der Waals surface area (Å²) in [5.41, 5.74) is 0.856. The average molecular weight is 320 g/mol. The van der Waals surface area contributed by atoms with E-state index in [1.165, 1.54) is 11.0 Å². The molecule has 2 rings (SSSR count). The van der Waals surface area contributed by atoms with Crippen LogP contribution in [0.15, 0.2) is 30.3 Å². The third kappa shape index (κ3) is 4.54. The van der Waals surface area contributed by atoms with Gasteiger partial charge >= 0.3 is 0 Å². The third-order valence-corrected chi connectivity index (χ3v) is 4.05. The van der Waals surface area contributed by atoms with Crippen LogP contribution in [0.4, 0.5) is 0 Å². The quantitative estimate of drug-likeness (QED) is 0.605. The van der Waals surface area contributed by atoms with Gasteiger partial charge in [-0.25, -0.2) is 0 Å². The van der Waals surface area contributed by atoms with Gasteiger partial charge in [0.05, 0.1) is 40.3 Å². The number of carbonyl (C=O) groups is 1. The minimum Gasteiger partial charge on any atom is -0.496 e. The number of hydrogen-bond donors (Lipinski definition) is 2. The lowest BCUT2D eigenvalue weighted by Gasteiger charge is -2.31. The topological polar surface area (TPSA) is 46.0 Å². The first kappa shape index (κ1) is 16.5. The van der Waals surface area contributed by atoms with Crippen molar-refractivity contribution in [2.45, 2.75) is 0 Å². The predicted octanol–water partition coefficient (Wildman–Crippen LogP) is -0.0602. The Morgan fingerprint density at radius 2 is 2.05 bits per heavy atom. The standard InChI is InChI=1S/C16H21N3O2S/c1-18-9-11-19(12-10-18)16(22)17-15(20)8-7-13-5-3-4-6-14(13)21-2/h3-8H,9-12H2,1-2H3,(H,17,20,22)/p+1/b8-7+. The lowest BCUT2D eigenvalue weighted by molar-refractivity contribution is -0.883. The van der Waals surface area contributed by atoms with E-state index in [9.17, 15) is 4.79 Å². The summed E-state index contributed by atoms with van der Waals surface area (Å²) >= 11 is 5.29. The van der Waals surface area contributed by atoms with Crippen molar-refractivity contribution in [3.05, 3.63) is 35.9 Å². The van der Waals surface area contributed by atoms with Gasteiger partial charge in [-0.05, 0) is 24.4 Å². The van der Waals surface area contributed by atoms with Crippen LogP contribution >= 0.6 is 12.2 Å². The van der Waals surface area contributed by atoms with Gasteiger partial charge in [-0.2, -0.15) is 0 Å². The van der Waals surface area contributed by atoms with E-state index in [0.29, 0.717) is 5.11 Å². The Labute approximate surface area is 136 Å². The van der Waals surface area contributed by atoms with Crippen molar-refractivity contribution in [2.24, 2.45) is 0 Å². The summed E-state index contributed by atoms with van der Waals surface area (Å²) in [6.45, 7) is 3.82. The number of rotatable bonds is 3. The largest absolute Gasteiger partial charge is 0.496 e. The van der Waals surface area contributed by atoms with Crippen molar-refractivity contribution in [3.63, 3.8) is 0 Å². The lowest BCUT2D eigenvalue weighted by atomic mass is 10.2. The Hall–Kier alpha value is -1.92. The van der Waals surface area contributed by atoms with Crippen molar-refractivity contribution in [2.75, 3.05) is 40.3 Å². The second-order valence-corrected chi connectivity index (χ2v) is 5.70. The number of para-hydroxylation sites is 1. The highest BCUT2D eigenvalue weighted by Crippen LogP contribution is 2.18. The zero-order chi connectivity index (χ0) is 15.9. The molecule has 1 aliphatic rings. The summed E-state index contributed by atoms with van der Waals surface area (Å²) in [6, 6.07) is 7.54. The number of hydrogen-bond acceptors (Lipinski definition) is 3. The lowest BCUT2D eigenvalue weighted by Crippen LogP contribution is -3.12. The Balaban J connectivity index is 1.89. The number of methoxy groups -OCH3 is 1. The number of piperazine rings is 1. The van der Waals surface area contributed by atoms with Gasteiger partial charge in [0.1, 0.15) is 5.75 Å². The molecular weight excluding hydrogens is 298 g/mol. The molecular formula is C16H22N3O2S+. The van der Waals surface area contributed by atoms with Crippen LogP contribution in [0.3, 0.4) is 0 Å². The van der Waals surface area contributed by atoms with Crippen LogP contribution in [0, 0.1) is 0 Å². The summed E-state index contributed by atoms with van der Waals surface area (Å²) in [5, 5.41) is 3.26. The molecule has 1 saturated heterocycles. The molecule has 1 fully saturated rings. The number of nitrogens with zero attached hydrogens (tertiary/aromatic N) is 1. The van der Waals surface area contributed by atoms with E-state index in [-0.39, 0.29) is 5.91 Å². The van der Waals surface area contributed by atoms with Gasteiger partial charge in [-0.3, -0.25) is 10.1 Å². The van der Waals surface area contributed by atoms with Crippen molar-refractivity contribution in [3.8, 4) is 5.75 Å². The first-order valence-corrected chi connectivity index (χ1v) is 7.73. The second-order valence-electron chi connectivity index (χ2n) is 5.31. The van der Waals surface area contributed by atoms with Crippen molar-refractivity contribution in [1.29, 1.82) is 0 Å². The smallest absolute Gasteiger partial charge is 0.250 e. The van der Waals surface area contributed by atoms with Crippen molar-refractivity contribution < 1.29 is 14.4 Å². The maximum Gasteiger partial charge on any atom is 0.250 e. The molecule has 118 valence electrons. The molecule has 1 aliphatic heterocycles. The SMILES string of the molecule is COc1ccccc1/C=C/C(=O)NC(=S)N1CC[NH+](C)CC1. The molecule has 0 aliphatic carbocycles. The number of benzene rings is 1. The number of nitrogens with one attached hydrogen (secondary N) is 2. The highest BCUT2D eigenvalue weighted by Gasteiger charge is 2.19. The van der Waals surface area contributed by atoms with Crippen molar-refractivity contribution >= 4 is 29.3 Å². The molecule has 5 nitrogen and oxygen atoms in total. The van der Waals surface area contributed by atoms with Gasteiger partial charge in [0.25, 0.3) is 0 Å².